The van der Waals surface area contributed by atoms with Gasteiger partial charge in [-0.2, -0.15) is 13.8 Å². The number of hydrogen-bond donors (Lipinski definition) is 3. The number of halogens is 2. The minimum atomic E-state index is -2.95. The number of nitrogens with zero attached hydrogens (tertiary/aromatic N) is 1. The van der Waals surface area contributed by atoms with E-state index in [9.17, 15) is 13.6 Å². The van der Waals surface area contributed by atoms with Crippen LogP contribution < -0.4 is 16.8 Å². The molecule has 7 heteroatoms. The molecule has 0 saturated carbocycles. The van der Waals surface area contributed by atoms with Gasteiger partial charge in [-0.1, -0.05) is 13.8 Å². The van der Waals surface area contributed by atoms with Gasteiger partial charge in [0.25, 0.3) is 0 Å². The lowest BCUT2D eigenvalue weighted by molar-refractivity contribution is 0.118. The Labute approximate surface area is 68.8 Å². The lowest BCUT2D eigenvalue weighted by Crippen LogP contribution is -2.31. The fourth-order valence-corrected chi connectivity index (χ4v) is 0.243. The summed E-state index contributed by atoms with van der Waals surface area (Å²) in [5.41, 5.74) is 9.38. The van der Waals surface area contributed by atoms with E-state index in [2.05, 4.69) is 4.99 Å². The zero-order valence-electron chi connectivity index (χ0n) is 6.84. The van der Waals surface area contributed by atoms with Crippen molar-refractivity contribution in [1.82, 2.24) is 5.32 Å². The van der Waals surface area contributed by atoms with Crippen LogP contribution in [-0.2, 0) is 0 Å². The third kappa shape index (κ3) is 11.4. The lowest BCUT2D eigenvalue weighted by Gasteiger charge is -1.96. The molecule has 0 aromatic rings. The molecule has 0 fully saturated rings. The zero-order valence-corrected chi connectivity index (χ0v) is 6.84. The first-order chi connectivity index (χ1) is 5.52. The van der Waals surface area contributed by atoms with E-state index in [4.69, 9.17) is 11.5 Å². The molecule has 0 aromatic heterocycles. The molecule has 0 heterocycles. The highest BCUT2D eigenvalue weighted by molar-refractivity contribution is 5.90. The van der Waals surface area contributed by atoms with E-state index in [0.29, 0.717) is 0 Å². The third-order valence-electron chi connectivity index (χ3n) is 0.463. The Morgan fingerprint density at radius 2 is 1.83 bits per heavy atom. The van der Waals surface area contributed by atoms with Crippen molar-refractivity contribution in [3.8, 4) is 0 Å². The van der Waals surface area contributed by atoms with E-state index in [1.54, 1.807) is 0 Å². The monoisotopic (exact) mass is 182 g/mol. The highest BCUT2D eigenvalue weighted by Gasteiger charge is 2.05. The number of rotatable bonds is 1. The third-order valence-corrected chi connectivity index (χ3v) is 0.463. The van der Waals surface area contributed by atoms with Crippen LogP contribution in [0.5, 0.6) is 0 Å². The summed E-state index contributed by atoms with van der Waals surface area (Å²) in [6.07, 6.45) is 0. The number of aliphatic imine (C=N–C) groups is 1. The van der Waals surface area contributed by atoms with E-state index in [0.717, 1.165) is 5.32 Å². The van der Waals surface area contributed by atoms with Gasteiger partial charge in [0.05, 0.1) is 0 Å². The molecule has 0 aliphatic carbocycles. The molecule has 0 atom stereocenters. The molecule has 0 rings (SSSR count). The fraction of sp³-hybridized carbons (Fsp3) is 0.600. The van der Waals surface area contributed by atoms with E-state index < -0.39 is 18.5 Å². The minimum Gasteiger partial charge on any atom is -0.370 e. The van der Waals surface area contributed by atoms with Crippen LogP contribution in [0, 0.1) is 0 Å². The smallest absolute Gasteiger partial charge is 0.348 e. The first-order valence-corrected chi connectivity index (χ1v) is 3.20. The highest BCUT2D eigenvalue weighted by atomic mass is 19.3. The van der Waals surface area contributed by atoms with Gasteiger partial charge in [-0.15, -0.1) is 0 Å². The van der Waals surface area contributed by atoms with Crippen LogP contribution in [0.4, 0.5) is 13.6 Å². The number of amides is 2. The molecule has 0 saturated heterocycles. The van der Waals surface area contributed by atoms with Crippen molar-refractivity contribution < 1.29 is 13.6 Å². The first-order valence-electron chi connectivity index (χ1n) is 3.20. The van der Waals surface area contributed by atoms with Gasteiger partial charge in [0.2, 0.25) is 0 Å². The quantitative estimate of drug-likeness (QED) is 0.307. The van der Waals surface area contributed by atoms with Gasteiger partial charge in [0.1, 0.15) is 0 Å². The summed E-state index contributed by atoms with van der Waals surface area (Å²) in [5, 5.41) is 1.15. The Morgan fingerprint density at radius 3 is 2.08 bits per heavy atom. The molecule has 0 radical (unpaired) electrons. The molecule has 0 bridgehead atoms. The Morgan fingerprint density at radius 1 is 1.42 bits per heavy atom. The van der Waals surface area contributed by atoms with Gasteiger partial charge in [0, 0.05) is 0 Å². The van der Waals surface area contributed by atoms with Gasteiger partial charge < -0.3 is 11.5 Å². The number of nitrogens with one attached hydrogen (secondary N) is 1. The van der Waals surface area contributed by atoms with Crippen LogP contribution in [0.3, 0.4) is 0 Å². The molecular formula is C5H12F2N4O. The number of hydrogen-bond acceptors (Lipinski definition) is 1. The van der Waals surface area contributed by atoms with Gasteiger partial charge in [-0.25, -0.2) is 4.79 Å². The van der Waals surface area contributed by atoms with Crippen molar-refractivity contribution in [3.05, 3.63) is 0 Å². The van der Waals surface area contributed by atoms with E-state index in [-0.39, 0.29) is 0 Å². The first kappa shape index (κ1) is 13.2. The number of guanidine groups is 1. The summed E-state index contributed by atoms with van der Waals surface area (Å²) in [5.74, 6) is -0.557. The Balaban J connectivity index is 0. The largest absolute Gasteiger partial charge is 0.370 e. The normalized spacial score (nSPS) is 8.08. The molecule has 2 amide bonds. The molecule has 5 N–H and O–H groups in total. The molecule has 12 heavy (non-hydrogen) atoms. The van der Waals surface area contributed by atoms with Crippen molar-refractivity contribution in [2.75, 3.05) is 0 Å². The molecule has 0 aromatic carbocycles. The van der Waals surface area contributed by atoms with Crippen molar-refractivity contribution in [1.29, 1.82) is 0 Å². The zero-order chi connectivity index (χ0) is 10.1. The maximum Gasteiger partial charge on any atom is 0.348 e. The van der Waals surface area contributed by atoms with E-state index in [1.807, 2.05) is 13.8 Å². The molecule has 0 aliphatic heterocycles. The number of urea groups is 1. The Bertz CT molecular complexity index is 156. The van der Waals surface area contributed by atoms with Crippen molar-refractivity contribution in [2.24, 2.45) is 16.5 Å². The molecule has 0 aliphatic rings. The molecule has 0 unspecified atom stereocenters. The maximum absolute atomic E-state index is 11.3. The lowest BCUT2D eigenvalue weighted by atomic mass is 10.9. The highest BCUT2D eigenvalue weighted by Crippen LogP contribution is 1.85. The van der Waals surface area contributed by atoms with Crippen LogP contribution in [0.15, 0.2) is 4.99 Å². The molecular weight excluding hydrogens is 170 g/mol. The van der Waals surface area contributed by atoms with Crippen molar-refractivity contribution >= 4 is 12.0 Å². The van der Waals surface area contributed by atoms with Gasteiger partial charge in [-0.05, 0) is 0 Å². The summed E-state index contributed by atoms with van der Waals surface area (Å²) in [6.45, 7) is 1.05. The fourth-order valence-electron chi connectivity index (χ4n) is 0.243. The standard InChI is InChI=1S/C3H6F2N4O.C2H6/c4-1(5)8-3(10)9-2(6)7;1-2/h1H,(H5,6,7,8,9,10);1-2H3. The maximum atomic E-state index is 11.3. The number of alkyl halides is 2. The second kappa shape index (κ2) is 7.70. The van der Waals surface area contributed by atoms with Gasteiger partial charge in [-0.3, -0.25) is 5.32 Å². The number of carbonyl (C=O) groups excluding carboxylic acids is 1. The topological polar surface area (TPSA) is 93.5 Å². The van der Waals surface area contributed by atoms with E-state index in [1.165, 1.54) is 0 Å². The van der Waals surface area contributed by atoms with Crippen LogP contribution >= 0.6 is 0 Å². The molecule has 5 nitrogen and oxygen atoms in total. The number of nitrogens with two attached hydrogens (primary N) is 2. The van der Waals surface area contributed by atoms with Crippen LogP contribution in [0.2, 0.25) is 0 Å². The average Bonchev–Trinajstić information content (AvgIpc) is 1.87. The van der Waals surface area contributed by atoms with Gasteiger partial charge in [0.15, 0.2) is 5.96 Å². The van der Waals surface area contributed by atoms with Gasteiger partial charge >= 0.3 is 12.6 Å². The SMILES string of the molecule is CC.NC(N)=NC(=O)NC(F)F. The van der Waals surface area contributed by atoms with Crippen LogP contribution in [0.1, 0.15) is 13.8 Å². The second-order valence-corrected chi connectivity index (χ2v) is 1.29. The minimum absolute atomic E-state index is 0.557. The number of carbonyl (C=O) groups is 1. The Hall–Kier alpha value is -1.40. The van der Waals surface area contributed by atoms with E-state index >= 15 is 0 Å². The summed E-state index contributed by atoms with van der Waals surface area (Å²) in [4.78, 5) is 12.9. The average molecular weight is 182 g/mol. The summed E-state index contributed by atoms with van der Waals surface area (Å²) >= 11 is 0. The summed E-state index contributed by atoms with van der Waals surface area (Å²) in [7, 11) is 0. The van der Waals surface area contributed by atoms with Crippen molar-refractivity contribution in [3.63, 3.8) is 0 Å². The predicted molar refractivity (Wildman–Crippen MR) is 41.7 cm³/mol. The molecule has 72 valence electrons. The van der Waals surface area contributed by atoms with Crippen molar-refractivity contribution in [2.45, 2.75) is 20.4 Å². The Kier molecular flexibility index (Phi) is 8.48. The summed E-state index contributed by atoms with van der Waals surface area (Å²) in [6, 6.07) is -1.25. The summed E-state index contributed by atoms with van der Waals surface area (Å²) < 4.78 is 22.5. The molecule has 0 spiro atoms. The predicted octanol–water partition coefficient (Wildman–Crippen LogP) is 0.218. The van der Waals surface area contributed by atoms with Crippen LogP contribution in [0.25, 0.3) is 0 Å². The second-order valence-electron chi connectivity index (χ2n) is 1.29. The van der Waals surface area contributed by atoms with Crippen LogP contribution in [-0.4, -0.2) is 18.5 Å².